The predicted molar refractivity (Wildman–Crippen MR) is 133 cm³/mol. The third-order valence-corrected chi connectivity index (χ3v) is 6.94. The van der Waals surface area contributed by atoms with Crippen LogP contribution in [0.5, 0.6) is 0 Å². The van der Waals surface area contributed by atoms with E-state index in [-0.39, 0.29) is 34.5 Å². The van der Waals surface area contributed by atoms with Gasteiger partial charge in [0.15, 0.2) is 5.69 Å². The van der Waals surface area contributed by atoms with Crippen LogP contribution in [0, 0.1) is 0 Å². The summed E-state index contributed by atoms with van der Waals surface area (Å²) in [6, 6.07) is 13.9. The third kappa shape index (κ3) is 6.40. The molecule has 4 rings (SSSR count). The molecule has 1 aromatic heterocycles. The number of rotatable bonds is 6. The largest absolute Gasteiger partial charge is 0.469 e. The lowest BCUT2D eigenvalue weighted by Crippen LogP contribution is -2.50. The molecule has 1 aliphatic rings. The number of benzene rings is 2. The molecule has 2 amide bonds. The lowest BCUT2D eigenvalue weighted by atomic mass is 9.71. The van der Waals surface area contributed by atoms with Crippen molar-refractivity contribution >= 4 is 17.7 Å². The molecule has 7 nitrogen and oxygen atoms in total. The van der Waals surface area contributed by atoms with Crippen molar-refractivity contribution in [3.05, 3.63) is 77.6 Å². The summed E-state index contributed by atoms with van der Waals surface area (Å²) < 4.78 is 84.2. The number of likely N-dealkylation sites (tertiary alicyclic amines) is 1. The predicted octanol–water partition coefficient (Wildman–Crippen LogP) is 6.43. The number of nitrogens with zero attached hydrogens (tertiary/aromatic N) is 3. The summed E-state index contributed by atoms with van der Waals surface area (Å²) in [5.74, 6) is -0.356. The van der Waals surface area contributed by atoms with Crippen LogP contribution in [0.15, 0.2) is 60.7 Å². The summed E-state index contributed by atoms with van der Waals surface area (Å²) >= 11 is 0. The van der Waals surface area contributed by atoms with Gasteiger partial charge in [0.25, 0.3) is 0 Å². The van der Waals surface area contributed by atoms with Gasteiger partial charge < -0.3 is 15.0 Å². The lowest BCUT2D eigenvalue weighted by molar-refractivity contribution is -0.144. The smallest absolute Gasteiger partial charge is 0.435 e. The molecule has 1 aliphatic heterocycles. The molecule has 2 heterocycles. The van der Waals surface area contributed by atoms with Crippen LogP contribution in [0.25, 0.3) is 5.69 Å². The Kier molecular flexibility index (Phi) is 8.13. The number of nitrogens with one attached hydrogen (secondary N) is 1. The van der Waals surface area contributed by atoms with E-state index in [0.29, 0.717) is 25.9 Å². The first-order valence-electron chi connectivity index (χ1n) is 12.4. The maximum atomic E-state index is 13.4. The lowest BCUT2D eigenvalue weighted by Gasteiger charge is -2.43. The number of hydrogen-bond donors (Lipinski definition) is 1. The molecule has 40 heavy (non-hydrogen) atoms. The number of anilines is 1. The van der Waals surface area contributed by atoms with E-state index in [4.69, 9.17) is 4.74 Å². The van der Waals surface area contributed by atoms with Gasteiger partial charge in [-0.15, -0.1) is 0 Å². The minimum atomic E-state index is -5.07. The number of esters is 1. The van der Waals surface area contributed by atoms with Crippen LogP contribution < -0.4 is 5.32 Å². The van der Waals surface area contributed by atoms with Gasteiger partial charge in [0, 0.05) is 36.7 Å². The van der Waals surface area contributed by atoms with E-state index in [1.54, 1.807) is 4.90 Å². The fraction of sp³-hybridized carbons (Fsp3) is 0.370. The van der Waals surface area contributed by atoms with Crippen molar-refractivity contribution in [2.75, 3.05) is 25.5 Å². The van der Waals surface area contributed by atoms with Crippen molar-refractivity contribution in [3.63, 3.8) is 0 Å². The number of carbonyl (C=O) groups excluding carboxylic acids is 2. The number of halogens is 6. The molecule has 1 N–H and O–H groups in total. The highest BCUT2D eigenvalue weighted by Crippen LogP contribution is 2.39. The number of alkyl halides is 6. The number of hydrogen-bond acceptors (Lipinski definition) is 4. The van der Waals surface area contributed by atoms with Gasteiger partial charge in [0.1, 0.15) is 5.69 Å². The zero-order valence-corrected chi connectivity index (χ0v) is 21.4. The standard InChI is InChI=1S/C27H26F6N4O3/c1-40-23(38)12-14-25(18-6-3-2-4-7-18)13-5-15-36(17-25)24(39)34-19-8-10-20(11-9-19)37-22(27(31,32)33)16-21(35-37)26(28,29)30/h2-4,6-11,16H,5,12-15,17H2,1H3,(H,34,39). The molecule has 0 radical (unpaired) electrons. The van der Waals surface area contributed by atoms with Crippen LogP contribution in [0.2, 0.25) is 0 Å². The van der Waals surface area contributed by atoms with E-state index < -0.39 is 35.2 Å². The number of ether oxygens (including phenoxy) is 1. The second-order valence-electron chi connectivity index (χ2n) is 9.55. The molecule has 3 aromatic rings. The Morgan fingerprint density at radius 1 is 1.00 bits per heavy atom. The molecule has 0 spiro atoms. The van der Waals surface area contributed by atoms with Crippen molar-refractivity contribution in [2.24, 2.45) is 0 Å². The number of carbonyl (C=O) groups is 2. The van der Waals surface area contributed by atoms with Gasteiger partial charge in [-0.05, 0) is 49.1 Å². The average molecular weight is 569 g/mol. The molecular formula is C27H26F6N4O3. The molecule has 1 atom stereocenters. The molecule has 2 aromatic carbocycles. The first kappa shape index (κ1) is 29.0. The average Bonchev–Trinajstić information content (AvgIpc) is 3.40. The van der Waals surface area contributed by atoms with Crippen LogP contribution in [-0.2, 0) is 27.3 Å². The molecule has 1 saturated heterocycles. The van der Waals surface area contributed by atoms with Gasteiger partial charge in [-0.2, -0.15) is 31.4 Å². The Hall–Kier alpha value is -4.03. The summed E-state index contributed by atoms with van der Waals surface area (Å²) in [7, 11) is 1.31. The molecule has 214 valence electrons. The Morgan fingerprint density at radius 3 is 2.27 bits per heavy atom. The van der Waals surface area contributed by atoms with E-state index >= 15 is 0 Å². The van der Waals surface area contributed by atoms with Crippen LogP contribution in [0.4, 0.5) is 36.8 Å². The zero-order chi connectivity index (χ0) is 29.1. The number of aromatic nitrogens is 2. The van der Waals surface area contributed by atoms with Gasteiger partial charge >= 0.3 is 24.4 Å². The van der Waals surface area contributed by atoms with Crippen molar-refractivity contribution in [1.29, 1.82) is 0 Å². The molecule has 1 fully saturated rings. The summed E-state index contributed by atoms with van der Waals surface area (Å²) in [5, 5.41) is 5.80. The molecule has 13 heteroatoms. The van der Waals surface area contributed by atoms with Crippen LogP contribution >= 0.6 is 0 Å². The normalized spacial score (nSPS) is 17.9. The number of amides is 2. The van der Waals surface area contributed by atoms with Crippen molar-refractivity contribution < 1.29 is 40.7 Å². The SMILES string of the molecule is COC(=O)CCC1(c2ccccc2)CCCN(C(=O)Nc2ccc(-n3nc(C(F)(F)F)cc3C(F)(F)F)cc2)C1. The van der Waals surface area contributed by atoms with Gasteiger partial charge in [-0.1, -0.05) is 30.3 Å². The molecule has 0 saturated carbocycles. The van der Waals surface area contributed by atoms with E-state index in [0.717, 1.165) is 24.1 Å². The zero-order valence-electron chi connectivity index (χ0n) is 21.4. The summed E-state index contributed by atoms with van der Waals surface area (Å²) in [6.07, 6.45) is -8.07. The minimum Gasteiger partial charge on any atom is -0.469 e. The van der Waals surface area contributed by atoms with Gasteiger partial charge in [-0.25, -0.2) is 9.48 Å². The Bertz CT molecular complexity index is 1340. The highest BCUT2D eigenvalue weighted by molar-refractivity contribution is 5.89. The highest BCUT2D eigenvalue weighted by Gasteiger charge is 2.42. The summed E-state index contributed by atoms with van der Waals surface area (Å²) in [5.41, 5.74) is -2.77. The van der Waals surface area contributed by atoms with E-state index in [1.807, 2.05) is 30.3 Å². The fourth-order valence-corrected chi connectivity index (χ4v) is 4.93. The third-order valence-electron chi connectivity index (χ3n) is 6.94. The Balaban J connectivity index is 1.52. The van der Waals surface area contributed by atoms with Crippen LogP contribution in [0.1, 0.15) is 42.6 Å². The van der Waals surface area contributed by atoms with Crippen molar-refractivity contribution in [1.82, 2.24) is 14.7 Å². The molecular weight excluding hydrogens is 542 g/mol. The maximum absolute atomic E-state index is 13.4. The first-order chi connectivity index (χ1) is 18.8. The maximum Gasteiger partial charge on any atom is 0.435 e. The number of methoxy groups -OCH3 is 1. The summed E-state index contributed by atoms with van der Waals surface area (Å²) in [4.78, 5) is 26.7. The number of piperidine rings is 1. The topological polar surface area (TPSA) is 76.5 Å². The van der Waals surface area contributed by atoms with E-state index in [2.05, 4.69) is 10.4 Å². The molecule has 0 bridgehead atoms. The van der Waals surface area contributed by atoms with E-state index in [9.17, 15) is 35.9 Å². The first-order valence-corrected chi connectivity index (χ1v) is 12.4. The van der Waals surface area contributed by atoms with Crippen molar-refractivity contribution in [3.8, 4) is 5.69 Å². The molecule has 1 unspecified atom stereocenters. The quantitative estimate of drug-likeness (QED) is 0.275. The second-order valence-corrected chi connectivity index (χ2v) is 9.55. The minimum absolute atomic E-state index is 0.0504. The highest BCUT2D eigenvalue weighted by atomic mass is 19.4. The summed E-state index contributed by atoms with van der Waals surface area (Å²) in [6.45, 7) is 0.763. The van der Waals surface area contributed by atoms with E-state index in [1.165, 1.54) is 19.2 Å². The van der Waals surface area contributed by atoms with Crippen molar-refractivity contribution in [2.45, 2.75) is 43.5 Å². The number of urea groups is 1. The fourth-order valence-electron chi connectivity index (χ4n) is 4.93. The van der Waals surface area contributed by atoms with Crippen LogP contribution in [0.3, 0.4) is 0 Å². The Labute approximate surface area is 225 Å². The Morgan fingerprint density at radius 2 is 1.68 bits per heavy atom. The van der Waals surface area contributed by atoms with Gasteiger partial charge in [-0.3, -0.25) is 4.79 Å². The van der Waals surface area contributed by atoms with Gasteiger partial charge in [0.2, 0.25) is 0 Å². The van der Waals surface area contributed by atoms with Gasteiger partial charge in [0.05, 0.1) is 12.8 Å². The van der Waals surface area contributed by atoms with Crippen LogP contribution in [-0.4, -0.2) is 46.9 Å². The molecule has 0 aliphatic carbocycles. The monoisotopic (exact) mass is 568 g/mol. The second kappa shape index (κ2) is 11.2.